The number of carbonyl (C=O) groups is 2. The van der Waals surface area contributed by atoms with Crippen LogP contribution >= 0.6 is 0 Å². The summed E-state index contributed by atoms with van der Waals surface area (Å²) in [7, 11) is 1.75. The van der Waals surface area contributed by atoms with Gasteiger partial charge in [0.15, 0.2) is 0 Å². The molecule has 5 nitrogen and oxygen atoms in total. The number of hydrogen-bond acceptors (Lipinski definition) is 3. The molecule has 0 bridgehead atoms. The molecular weight excluding hydrogens is 268 g/mol. The quantitative estimate of drug-likeness (QED) is 0.844. The summed E-state index contributed by atoms with van der Waals surface area (Å²) < 4.78 is 0. The van der Waals surface area contributed by atoms with E-state index >= 15 is 0 Å². The number of amides is 1. The van der Waals surface area contributed by atoms with Crippen LogP contribution in [0.2, 0.25) is 0 Å². The minimum atomic E-state index is -0.858. The van der Waals surface area contributed by atoms with E-state index in [1.54, 1.807) is 25.8 Å². The lowest BCUT2D eigenvalue weighted by Crippen LogP contribution is -2.42. The van der Waals surface area contributed by atoms with Crippen LogP contribution in [-0.4, -0.2) is 41.5 Å². The zero-order valence-electron chi connectivity index (χ0n) is 13.3. The summed E-state index contributed by atoms with van der Waals surface area (Å²) in [5.41, 5.74) is 3.05. The van der Waals surface area contributed by atoms with Crippen molar-refractivity contribution in [2.24, 2.45) is 5.92 Å². The maximum absolute atomic E-state index is 12.2. The predicted octanol–water partition coefficient (Wildman–Crippen LogP) is 2.28. The molecule has 0 aliphatic carbocycles. The number of aryl methyl sites for hydroxylation is 2. The third-order valence-corrected chi connectivity index (χ3v) is 3.80. The van der Waals surface area contributed by atoms with E-state index in [2.05, 4.69) is 5.32 Å². The number of anilines is 1. The van der Waals surface area contributed by atoms with E-state index in [9.17, 15) is 9.59 Å². The van der Waals surface area contributed by atoms with E-state index < -0.39 is 17.9 Å². The van der Waals surface area contributed by atoms with Gasteiger partial charge in [0, 0.05) is 12.2 Å². The molecule has 2 atom stereocenters. The standard InChI is InChI=1S/C16H24N2O3/c1-10-6-7-14(8-11(10)2)17-15(19)13(4)18(5)9-12(3)16(20)21/h6-8,12-13H,9H2,1-5H3,(H,17,19)(H,20,21). The molecule has 116 valence electrons. The Labute approximate surface area is 126 Å². The Morgan fingerprint density at radius 2 is 1.86 bits per heavy atom. The summed E-state index contributed by atoms with van der Waals surface area (Å²) in [5, 5.41) is 11.8. The van der Waals surface area contributed by atoms with Gasteiger partial charge in [-0.15, -0.1) is 0 Å². The van der Waals surface area contributed by atoms with Crippen LogP contribution in [0.4, 0.5) is 5.69 Å². The Morgan fingerprint density at radius 1 is 1.24 bits per heavy atom. The molecule has 0 heterocycles. The van der Waals surface area contributed by atoms with Crippen LogP contribution in [0.5, 0.6) is 0 Å². The van der Waals surface area contributed by atoms with Crippen molar-refractivity contribution in [2.45, 2.75) is 33.7 Å². The highest BCUT2D eigenvalue weighted by molar-refractivity contribution is 5.94. The average molecular weight is 292 g/mol. The van der Waals surface area contributed by atoms with Crippen LogP contribution in [0.3, 0.4) is 0 Å². The number of benzene rings is 1. The largest absolute Gasteiger partial charge is 0.481 e. The minimum Gasteiger partial charge on any atom is -0.481 e. The maximum Gasteiger partial charge on any atom is 0.307 e. The zero-order valence-corrected chi connectivity index (χ0v) is 13.3. The highest BCUT2D eigenvalue weighted by Crippen LogP contribution is 2.15. The molecule has 1 rings (SSSR count). The third kappa shape index (κ3) is 4.86. The molecule has 0 aromatic heterocycles. The number of hydrogen-bond donors (Lipinski definition) is 2. The Bertz CT molecular complexity index is 528. The number of carbonyl (C=O) groups excluding carboxylic acids is 1. The molecule has 0 saturated carbocycles. The molecule has 1 aromatic rings. The van der Waals surface area contributed by atoms with Crippen molar-refractivity contribution in [1.29, 1.82) is 0 Å². The van der Waals surface area contributed by atoms with Crippen LogP contribution in [0, 0.1) is 19.8 Å². The second kappa shape index (κ2) is 7.22. The van der Waals surface area contributed by atoms with Crippen molar-refractivity contribution in [3.63, 3.8) is 0 Å². The van der Waals surface area contributed by atoms with Crippen LogP contribution in [0.15, 0.2) is 18.2 Å². The van der Waals surface area contributed by atoms with Gasteiger partial charge < -0.3 is 10.4 Å². The number of nitrogens with one attached hydrogen (secondary N) is 1. The summed E-state index contributed by atoms with van der Waals surface area (Å²) in [4.78, 5) is 24.8. The van der Waals surface area contributed by atoms with Gasteiger partial charge in [-0.05, 0) is 51.1 Å². The molecule has 5 heteroatoms. The first-order valence-corrected chi connectivity index (χ1v) is 7.03. The SMILES string of the molecule is Cc1ccc(NC(=O)C(C)N(C)CC(C)C(=O)O)cc1C. The molecule has 0 saturated heterocycles. The van der Waals surface area contributed by atoms with E-state index in [0.717, 1.165) is 11.3 Å². The number of likely N-dealkylation sites (N-methyl/N-ethyl adjacent to an activating group) is 1. The van der Waals surface area contributed by atoms with Gasteiger partial charge in [0.25, 0.3) is 0 Å². The number of aliphatic carboxylic acids is 1. The van der Waals surface area contributed by atoms with Crippen LogP contribution < -0.4 is 5.32 Å². The fourth-order valence-corrected chi connectivity index (χ4v) is 1.93. The van der Waals surface area contributed by atoms with Gasteiger partial charge in [0.2, 0.25) is 5.91 Å². The molecule has 2 unspecified atom stereocenters. The van der Waals surface area contributed by atoms with Crippen LogP contribution in [0.25, 0.3) is 0 Å². The normalized spacial score (nSPS) is 13.8. The van der Waals surface area contributed by atoms with Gasteiger partial charge in [-0.3, -0.25) is 14.5 Å². The number of carboxylic acids is 1. The van der Waals surface area contributed by atoms with Crippen LogP contribution in [0.1, 0.15) is 25.0 Å². The van der Waals surface area contributed by atoms with Crippen molar-refractivity contribution in [2.75, 3.05) is 18.9 Å². The lowest BCUT2D eigenvalue weighted by molar-refractivity contribution is -0.142. The molecule has 21 heavy (non-hydrogen) atoms. The van der Waals surface area contributed by atoms with Gasteiger partial charge in [-0.25, -0.2) is 0 Å². The molecule has 0 spiro atoms. The van der Waals surface area contributed by atoms with Crippen molar-refractivity contribution in [3.05, 3.63) is 29.3 Å². The zero-order chi connectivity index (χ0) is 16.2. The first-order valence-electron chi connectivity index (χ1n) is 7.03. The van der Waals surface area contributed by atoms with Gasteiger partial charge in [0.05, 0.1) is 12.0 Å². The summed E-state index contributed by atoms with van der Waals surface area (Å²) in [6, 6.07) is 5.37. The van der Waals surface area contributed by atoms with Crippen molar-refractivity contribution in [3.8, 4) is 0 Å². The molecule has 0 radical (unpaired) electrons. The van der Waals surface area contributed by atoms with Crippen LogP contribution in [-0.2, 0) is 9.59 Å². The fourth-order valence-electron chi connectivity index (χ4n) is 1.93. The van der Waals surface area contributed by atoms with E-state index in [0.29, 0.717) is 6.54 Å². The molecule has 0 aliphatic heterocycles. The fraction of sp³-hybridized carbons (Fsp3) is 0.500. The van der Waals surface area contributed by atoms with E-state index in [1.165, 1.54) is 5.56 Å². The number of rotatable bonds is 6. The monoisotopic (exact) mass is 292 g/mol. The first kappa shape index (κ1) is 17.2. The molecule has 2 N–H and O–H groups in total. The smallest absolute Gasteiger partial charge is 0.307 e. The van der Waals surface area contributed by atoms with E-state index in [4.69, 9.17) is 5.11 Å². The highest BCUT2D eigenvalue weighted by Gasteiger charge is 2.22. The molecule has 0 fully saturated rings. The minimum absolute atomic E-state index is 0.140. The summed E-state index contributed by atoms with van der Waals surface area (Å²) in [6.45, 7) is 7.74. The maximum atomic E-state index is 12.2. The van der Waals surface area contributed by atoms with Gasteiger partial charge >= 0.3 is 5.97 Å². The van der Waals surface area contributed by atoms with Crippen molar-refractivity contribution < 1.29 is 14.7 Å². The van der Waals surface area contributed by atoms with Crippen molar-refractivity contribution in [1.82, 2.24) is 4.90 Å². The molecular formula is C16H24N2O3. The third-order valence-electron chi connectivity index (χ3n) is 3.80. The van der Waals surface area contributed by atoms with Gasteiger partial charge in [0.1, 0.15) is 0 Å². The first-order chi connectivity index (χ1) is 9.72. The molecule has 1 aromatic carbocycles. The van der Waals surface area contributed by atoms with E-state index in [1.807, 2.05) is 32.0 Å². The highest BCUT2D eigenvalue weighted by atomic mass is 16.4. The summed E-state index contributed by atoms with van der Waals surface area (Å²) >= 11 is 0. The van der Waals surface area contributed by atoms with Gasteiger partial charge in [-0.2, -0.15) is 0 Å². The Morgan fingerprint density at radius 3 is 2.38 bits per heavy atom. The van der Waals surface area contributed by atoms with Gasteiger partial charge in [-0.1, -0.05) is 13.0 Å². The average Bonchev–Trinajstić information content (AvgIpc) is 2.41. The Hall–Kier alpha value is -1.88. The second-order valence-corrected chi connectivity index (χ2v) is 5.64. The molecule has 0 aliphatic rings. The summed E-state index contributed by atoms with van der Waals surface area (Å²) in [5.74, 6) is -1.51. The Kier molecular flexibility index (Phi) is 5.90. The lowest BCUT2D eigenvalue weighted by Gasteiger charge is -2.25. The molecule has 1 amide bonds. The van der Waals surface area contributed by atoms with Crippen molar-refractivity contribution >= 4 is 17.6 Å². The number of nitrogens with zero attached hydrogens (tertiary/aromatic N) is 1. The second-order valence-electron chi connectivity index (χ2n) is 5.64. The Balaban J connectivity index is 2.65. The van der Waals surface area contributed by atoms with E-state index in [-0.39, 0.29) is 5.91 Å². The topological polar surface area (TPSA) is 69.6 Å². The lowest BCUT2D eigenvalue weighted by atomic mass is 10.1. The predicted molar refractivity (Wildman–Crippen MR) is 83.4 cm³/mol. The number of carboxylic acid groups (broad SMARTS) is 1. The summed E-state index contributed by atoms with van der Waals surface area (Å²) in [6.07, 6.45) is 0.